The summed E-state index contributed by atoms with van der Waals surface area (Å²) in [6.45, 7) is 2.49. The molecule has 5 nitrogen and oxygen atoms in total. The number of piperidine rings is 1. The fraction of sp³-hybridized carbons (Fsp3) is 0.438. The normalized spacial score (nSPS) is 21.9. The molecular weight excluding hydrogens is 268 g/mol. The number of aliphatic carboxylic acids is 1. The van der Waals surface area contributed by atoms with E-state index in [-0.39, 0.29) is 12.3 Å². The van der Waals surface area contributed by atoms with Crippen molar-refractivity contribution in [3.05, 3.63) is 35.4 Å². The number of hydrogen-bond acceptors (Lipinski definition) is 3. The van der Waals surface area contributed by atoms with Crippen molar-refractivity contribution in [2.24, 2.45) is 5.92 Å². The van der Waals surface area contributed by atoms with Crippen LogP contribution in [0.2, 0.25) is 0 Å². The average molecular weight is 286 g/mol. The number of carbonyl (C=O) groups excluding carboxylic acids is 1. The molecule has 2 rings (SSSR count). The van der Waals surface area contributed by atoms with Crippen molar-refractivity contribution in [3.63, 3.8) is 0 Å². The van der Waals surface area contributed by atoms with Gasteiger partial charge >= 0.3 is 5.97 Å². The zero-order chi connectivity index (χ0) is 15.4. The molecule has 1 amide bonds. The van der Waals surface area contributed by atoms with Gasteiger partial charge in [-0.25, -0.2) is 0 Å². The minimum absolute atomic E-state index is 0.0123. The van der Waals surface area contributed by atoms with Crippen molar-refractivity contribution >= 4 is 11.9 Å². The van der Waals surface area contributed by atoms with E-state index in [1.807, 2.05) is 6.92 Å². The first kappa shape index (κ1) is 15.0. The lowest BCUT2D eigenvalue weighted by Crippen LogP contribution is -2.45. The molecule has 0 radical (unpaired) electrons. The van der Waals surface area contributed by atoms with Crippen LogP contribution in [0.25, 0.3) is 0 Å². The maximum absolute atomic E-state index is 12.2. The highest BCUT2D eigenvalue weighted by atomic mass is 16.4. The molecule has 1 heterocycles. The van der Waals surface area contributed by atoms with E-state index in [0.717, 1.165) is 12.0 Å². The third-order valence-corrected chi connectivity index (χ3v) is 3.85. The largest absolute Gasteiger partial charge is 0.481 e. The van der Waals surface area contributed by atoms with Crippen LogP contribution in [0.4, 0.5) is 0 Å². The van der Waals surface area contributed by atoms with Crippen LogP contribution in [-0.2, 0) is 9.59 Å². The van der Waals surface area contributed by atoms with Gasteiger partial charge in [0.1, 0.15) is 0 Å². The summed E-state index contributed by atoms with van der Waals surface area (Å²) in [5.74, 6) is -1.53. The third kappa shape index (κ3) is 3.05. The molecule has 1 aliphatic rings. The molecule has 0 bridgehead atoms. The number of benzene rings is 1. The number of nitriles is 1. The van der Waals surface area contributed by atoms with E-state index >= 15 is 0 Å². The first-order valence-electron chi connectivity index (χ1n) is 7.10. The fourth-order valence-corrected chi connectivity index (χ4v) is 2.92. The smallest absolute Gasteiger partial charge is 0.308 e. The van der Waals surface area contributed by atoms with Crippen LogP contribution in [0.3, 0.4) is 0 Å². The first-order chi connectivity index (χ1) is 10.1. The Bertz CT molecular complexity index is 591. The second kappa shape index (κ2) is 6.40. The van der Waals surface area contributed by atoms with Crippen molar-refractivity contribution in [1.82, 2.24) is 4.90 Å². The highest BCUT2D eigenvalue weighted by molar-refractivity contribution is 5.81. The molecule has 1 fully saturated rings. The van der Waals surface area contributed by atoms with E-state index < -0.39 is 17.9 Å². The van der Waals surface area contributed by atoms with Crippen LogP contribution in [0, 0.1) is 17.2 Å². The summed E-state index contributed by atoms with van der Waals surface area (Å²) in [6, 6.07) is 8.45. The van der Waals surface area contributed by atoms with E-state index in [9.17, 15) is 14.7 Å². The number of carboxylic acids is 1. The summed E-state index contributed by atoms with van der Waals surface area (Å²) in [4.78, 5) is 25.4. The number of amides is 1. The highest BCUT2D eigenvalue weighted by Crippen LogP contribution is 2.37. The monoisotopic (exact) mass is 286 g/mol. The summed E-state index contributed by atoms with van der Waals surface area (Å²) in [5, 5.41) is 18.5. The molecule has 1 aromatic rings. The summed E-state index contributed by atoms with van der Waals surface area (Å²) < 4.78 is 0. The topological polar surface area (TPSA) is 81.4 Å². The van der Waals surface area contributed by atoms with E-state index in [1.165, 1.54) is 0 Å². The van der Waals surface area contributed by atoms with Gasteiger partial charge in [0.2, 0.25) is 5.91 Å². The van der Waals surface area contributed by atoms with Gasteiger partial charge in [-0.15, -0.1) is 0 Å². The third-order valence-electron chi connectivity index (χ3n) is 3.85. The van der Waals surface area contributed by atoms with Crippen LogP contribution in [0.5, 0.6) is 0 Å². The lowest BCUT2D eigenvalue weighted by molar-refractivity contribution is -0.152. The second-order valence-corrected chi connectivity index (χ2v) is 5.25. The Morgan fingerprint density at radius 1 is 1.52 bits per heavy atom. The molecule has 1 aromatic carbocycles. The van der Waals surface area contributed by atoms with Gasteiger partial charge in [0.25, 0.3) is 0 Å². The standard InChI is InChI=1S/C16H18N2O3/c1-2-8-18-14(19)7-6-13(16(20)21)15(18)12-5-3-4-11(9-12)10-17/h3-5,9,13,15H,2,6-8H2,1H3,(H,20,21). The van der Waals surface area contributed by atoms with Gasteiger partial charge in [0, 0.05) is 13.0 Å². The van der Waals surface area contributed by atoms with Gasteiger partial charge in [-0.2, -0.15) is 5.26 Å². The van der Waals surface area contributed by atoms with Crippen molar-refractivity contribution in [1.29, 1.82) is 5.26 Å². The summed E-state index contributed by atoms with van der Waals surface area (Å²) >= 11 is 0. The fourth-order valence-electron chi connectivity index (χ4n) is 2.92. The van der Waals surface area contributed by atoms with Gasteiger partial charge in [0.15, 0.2) is 0 Å². The predicted octanol–water partition coefficient (Wildman–Crippen LogP) is 2.33. The van der Waals surface area contributed by atoms with E-state index in [4.69, 9.17) is 5.26 Å². The SMILES string of the molecule is CCCN1C(=O)CCC(C(=O)O)C1c1cccc(C#N)c1. The second-order valence-electron chi connectivity index (χ2n) is 5.25. The Balaban J connectivity index is 2.46. The summed E-state index contributed by atoms with van der Waals surface area (Å²) in [7, 11) is 0. The van der Waals surface area contributed by atoms with E-state index in [0.29, 0.717) is 18.5 Å². The van der Waals surface area contributed by atoms with Crippen LogP contribution in [-0.4, -0.2) is 28.4 Å². The molecule has 1 aliphatic heterocycles. The maximum Gasteiger partial charge on any atom is 0.308 e. The molecule has 0 aliphatic carbocycles. The molecule has 0 spiro atoms. The van der Waals surface area contributed by atoms with Gasteiger partial charge in [-0.05, 0) is 30.5 Å². The quantitative estimate of drug-likeness (QED) is 0.921. The van der Waals surface area contributed by atoms with E-state index in [2.05, 4.69) is 6.07 Å². The van der Waals surface area contributed by atoms with Crippen molar-refractivity contribution in [2.45, 2.75) is 32.2 Å². The van der Waals surface area contributed by atoms with Crippen LogP contribution < -0.4 is 0 Å². The Kier molecular flexibility index (Phi) is 4.59. The molecule has 5 heteroatoms. The average Bonchev–Trinajstić information content (AvgIpc) is 2.49. The highest BCUT2D eigenvalue weighted by Gasteiger charge is 2.40. The minimum Gasteiger partial charge on any atom is -0.481 e. The molecule has 21 heavy (non-hydrogen) atoms. The Morgan fingerprint density at radius 2 is 2.29 bits per heavy atom. The van der Waals surface area contributed by atoms with Gasteiger partial charge in [-0.3, -0.25) is 9.59 Å². The summed E-state index contributed by atoms with van der Waals surface area (Å²) in [6.07, 6.45) is 1.38. The number of carbonyl (C=O) groups is 2. The van der Waals surface area contributed by atoms with Crippen LogP contribution in [0.15, 0.2) is 24.3 Å². The number of hydrogen-bond donors (Lipinski definition) is 1. The van der Waals surface area contributed by atoms with Gasteiger partial charge in [0.05, 0.1) is 23.6 Å². The Hall–Kier alpha value is -2.35. The molecular formula is C16H18N2O3. The zero-order valence-corrected chi connectivity index (χ0v) is 12.0. The van der Waals surface area contributed by atoms with Gasteiger partial charge < -0.3 is 10.0 Å². The minimum atomic E-state index is -0.893. The van der Waals surface area contributed by atoms with Crippen molar-refractivity contribution in [3.8, 4) is 6.07 Å². The Morgan fingerprint density at radius 3 is 2.90 bits per heavy atom. The first-order valence-corrected chi connectivity index (χ1v) is 7.10. The lowest BCUT2D eigenvalue weighted by Gasteiger charge is -2.39. The summed E-state index contributed by atoms with van der Waals surface area (Å²) in [5.41, 5.74) is 1.20. The zero-order valence-electron chi connectivity index (χ0n) is 12.0. The molecule has 1 saturated heterocycles. The lowest BCUT2D eigenvalue weighted by atomic mass is 9.83. The van der Waals surface area contributed by atoms with Crippen molar-refractivity contribution in [2.75, 3.05) is 6.54 Å². The van der Waals surface area contributed by atoms with Crippen LogP contribution >= 0.6 is 0 Å². The number of rotatable bonds is 4. The molecule has 2 atom stereocenters. The van der Waals surface area contributed by atoms with Crippen molar-refractivity contribution < 1.29 is 14.7 Å². The molecule has 1 N–H and O–H groups in total. The number of likely N-dealkylation sites (tertiary alicyclic amines) is 1. The van der Waals surface area contributed by atoms with Gasteiger partial charge in [-0.1, -0.05) is 19.1 Å². The number of nitrogens with zero attached hydrogens (tertiary/aromatic N) is 2. The number of carboxylic acid groups (broad SMARTS) is 1. The molecule has 2 unspecified atom stereocenters. The van der Waals surface area contributed by atoms with E-state index in [1.54, 1.807) is 29.2 Å². The Labute approximate surface area is 123 Å². The molecule has 0 saturated carbocycles. The van der Waals surface area contributed by atoms with Crippen LogP contribution in [0.1, 0.15) is 43.4 Å². The maximum atomic E-state index is 12.2. The predicted molar refractivity (Wildman–Crippen MR) is 76.3 cm³/mol. The molecule has 0 aromatic heterocycles. The molecule has 110 valence electrons.